The Morgan fingerprint density at radius 1 is 1.25 bits per heavy atom. The van der Waals surface area contributed by atoms with Crippen molar-refractivity contribution < 1.29 is 22.3 Å². The van der Waals surface area contributed by atoms with E-state index in [1.165, 1.54) is 0 Å². The van der Waals surface area contributed by atoms with Crippen LogP contribution < -0.4 is 0 Å². The zero-order valence-corrected chi connectivity index (χ0v) is 8.56. The number of alkyl halides is 3. The van der Waals surface area contributed by atoms with Crippen molar-refractivity contribution in [2.24, 2.45) is 0 Å². The third kappa shape index (κ3) is 3.99. The van der Waals surface area contributed by atoms with Gasteiger partial charge < -0.3 is 0 Å². The molecule has 0 saturated carbocycles. The Morgan fingerprint density at radius 2 is 1.58 bits per heavy atom. The first-order valence-electron chi connectivity index (χ1n) is 2.72. The molecule has 8 heteroatoms. The minimum absolute atomic E-state index is 0.685. The van der Waals surface area contributed by atoms with Gasteiger partial charge in [0, 0.05) is 0 Å². The summed E-state index contributed by atoms with van der Waals surface area (Å²) >= 11 is 9.64. The van der Waals surface area contributed by atoms with Gasteiger partial charge in [-0.3, -0.25) is 9.09 Å². The molecule has 0 heterocycles. The molecule has 0 spiro atoms. The van der Waals surface area contributed by atoms with E-state index in [-0.39, 0.29) is 0 Å². The van der Waals surface area contributed by atoms with Crippen LogP contribution in [0.5, 0.6) is 0 Å². The second kappa shape index (κ2) is 3.37. The average Bonchev–Trinajstić information content (AvgIpc) is 1.52. The van der Waals surface area contributed by atoms with E-state index in [0.29, 0.717) is 13.8 Å². The Hall–Kier alpha value is 0.560. The van der Waals surface area contributed by atoms with Crippen LogP contribution in [0, 0.1) is 0 Å². The van der Waals surface area contributed by atoms with Gasteiger partial charge in [0.1, 0.15) is 0 Å². The Balaban J connectivity index is 4.56. The SMILES string of the molecule is CC(C)(OP(=O)(Cl)Cl)C(F)(F)F. The van der Waals surface area contributed by atoms with E-state index in [2.05, 4.69) is 4.52 Å². The number of hydrogen-bond donors (Lipinski definition) is 0. The highest BCUT2D eigenvalue weighted by Gasteiger charge is 2.51. The maximum absolute atomic E-state index is 12.0. The molecule has 0 rings (SSSR count). The summed E-state index contributed by atoms with van der Waals surface area (Å²) in [5.41, 5.74) is -2.61. The Bertz CT molecular complexity index is 209. The highest BCUT2D eigenvalue weighted by atomic mass is 35.9. The first-order chi connectivity index (χ1) is 4.96. The van der Waals surface area contributed by atoms with Crippen LogP contribution in [0.25, 0.3) is 0 Å². The van der Waals surface area contributed by atoms with Crippen LogP contribution >= 0.6 is 28.6 Å². The summed E-state index contributed by atoms with van der Waals surface area (Å²) in [6.45, 7) is 1.37. The van der Waals surface area contributed by atoms with E-state index in [0.717, 1.165) is 0 Å². The lowest BCUT2D eigenvalue weighted by atomic mass is 10.1. The molecule has 0 atom stereocenters. The van der Waals surface area contributed by atoms with Crippen LogP contribution in [0.2, 0.25) is 0 Å². The lowest BCUT2D eigenvalue weighted by Crippen LogP contribution is -2.40. The van der Waals surface area contributed by atoms with Crippen LogP contribution in [0.4, 0.5) is 13.2 Å². The maximum atomic E-state index is 12.0. The third-order valence-corrected chi connectivity index (χ3v) is 2.10. The normalized spacial score (nSPS) is 14.9. The first kappa shape index (κ1) is 12.6. The molecule has 12 heavy (non-hydrogen) atoms. The van der Waals surface area contributed by atoms with Crippen molar-refractivity contribution in [1.29, 1.82) is 0 Å². The van der Waals surface area contributed by atoms with Gasteiger partial charge in [-0.1, -0.05) is 0 Å². The summed E-state index contributed by atoms with van der Waals surface area (Å²) in [5, 5.41) is 0. The molecule has 0 bridgehead atoms. The molecule has 0 saturated heterocycles. The van der Waals surface area contributed by atoms with Gasteiger partial charge in [0.2, 0.25) is 0 Å². The summed E-state index contributed by atoms with van der Waals surface area (Å²) in [6.07, 6.45) is -8.82. The number of halogens is 5. The smallest absolute Gasteiger partial charge is 0.291 e. The molecule has 0 aliphatic heterocycles. The van der Waals surface area contributed by atoms with Crippen LogP contribution in [-0.4, -0.2) is 11.8 Å². The fourth-order valence-corrected chi connectivity index (χ4v) is 1.99. The zero-order chi connectivity index (χ0) is 10.2. The monoisotopic (exact) mass is 244 g/mol. The van der Waals surface area contributed by atoms with E-state index in [1.54, 1.807) is 0 Å². The molecule has 0 aromatic carbocycles. The largest absolute Gasteiger partial charge is 0.417 e. The second-order valence-electron chi connectivity index (χ2n) is 2.51. The predicted molar refractivity (Wildman–Crippen MR) is 40.5 cm³/mol. The van der Waals surface area contributed by atoms with Crippen molar-refractivity contribution in [3.05, 3.63) is 0 Å². The maximum Gasteiger partial charge on any atom is 0.417 e. The summed E-state index contributed by atoms with van der Waals surface area (Å²) < 4.78 is 50.4. The Kier molecular flexibility index (Phi) is 3.53. The second-order valence-corrected chi connectivity index (χ2v) is 6.71. The fourth-order valence-electron chi connectivity index (χ4n) is 0.317. The van der Waals surface area contributed by atoms with Gasteiger partial charge in [-0.05, 0) is 36.3 Å². The lowest BCUT2D eigenvalue weighted by Gasteiger charge is -2.27. The van der Waals surface area contributed by atoms with Gasteiger partial charge in [-0.2, -0.15) is 13.2 Å². The van der Waals surface area contributed by atoms with E-state index < -0.39 is 17.9 Å². The molecule has 0 fully saturated rings. The van der Waals surface area contributed by atoms with E-state index in [4.69, 9.17) is 22.5 Å². The van der Waals surface area contributed by atoms with Crippen molar-refractivity contribution in [1.82, 2.24) is 0 Å². The molecule has 0 N–H and O–H groups in total. The molecular weight excluding hydrogens is 239 g/mol. The molecule has 2 nitrogen and oxygen atoms in total. The van der Waals surface area contributed by atoms with Crippen LogP contribution in [0.3, 0.4) is 0 Å². The summed E-state index contributed by atoms with van der Waals surface area (Å²) in [7, 11) is 0. The van der Waals surface area contributed by atoms with Crippen LogP contribution in [0.15, 0.2) is 0 Å². The van der Waals surface area contributed by atoms with Crippen molar-refractivity contribution in [2.75, 3.05) is 0 Å². The van der Waals surface area contributed by atoms with Gasteiger partial charge in [0.05, 0.1) is 0 Å². The van der Waals surface area contributed by atoms with Crippen molar-refractivity contribution in [2.45, 2.75) is 25.6 Å². The molecule has 0 aliphatic rings. The fraction of sp³-hybridized carbons (Fsp3) is 1.00. The zero-order valence-electron chi connectivity index (χ0n) is 6.15. The Morgan fingerprint density at radius 3 is 1.67 bits per heavy atom. The molecule has 0 amide bonds. The number of rotatable bonds is 2. The van der Waals surface area contributed by atoms with Gasteiger partial charge in [-0.25, -0.2) is 0 Å². The van der Waals surface area contributed by atoms with Crippen LogP contribution in [-0.2, 0) is 9.09 Å². The standard InChI is InChI=1S/C4H6Cl2F3O2P/c1-3(2,4(7,8)9)11-12(5,6)10/h1-2H3. The van der Waals surface area contributed by atoms with Gasteiger partial charge in [0.15, 0.2) is 5.60 Å². The molecule has 0 aliphatic carbocycles. The van der Waals surface area contributed by atoms with E-state index in [1.807, 2.05) is 0 Å². The molecule has 0 aromatic rings. The van der Waals surface area contributed by atoms with Crippen molar-refractivity contribution in [3.63, 3.8) is 0 Å². The highest BCUT2D eigenvalue weighted by Crippen LogP contribution is 2.61. The first-order valence-corrected chi connectivity index (χ1v) is 6.16. The van der Waals surface area contributed by atoms with Gasteiger partial charge in [0.25, 0.3) is 0 Å². The molecule has 0 unspecified atom stereocenters. The van der Waals surface area contributed by atoms with Crippen LogP contribution in [0.1, 0.15) is 13.8 Å². The lowest BCUT2D eigenvalue weighted by molar-refractivity contribution is -0.233. The highest BCUT2D eigenvalue weighted by molar-refractivity contribution is 8.05. The Labute approximate surface area is 77.0 Å². The molecule has 0 radical (unpaired) electrons. The quantitative estimate of drug-likeness (QED) is 0.689. The minimum Gasteiger partial charge on any atom is -0.291 e. The number of hydrogen-bond acceptors (Lipinski definition) is 2. The van der Waals surface area contributed by atoms with Gasteiger partial charge >= 0.3 is 12.3 Å². The third-order valence-electron chi connectivity index (χ3n) is 1.02. The minimum atomic E-state index is -4.66. The van der Waals surface area contributed by atoms with E-state index in [9.17, 15) is 17.7 Å². The van der Waals surface area contributed by atoms with Gasteiger partial charge in [-0.15, -0.1) is 0 Å². The average molecular weight is 245 g/mol. The molecule has 0 aromatic heterocycles. The molecule has 74 valence electrons. The molecular formula is C4H6Cl2F3O2P. The van der Waals surface area contributed by atoms with Crippen molar-refractivity contribution in [3.8, 4) is 0 Å². The summed E-state index contributed by atoms with van der Waals surface area (Å²) in [4.78, 5) is 0. The van der Waals surface area contributed by atoms with E-state index >= 15 is 0 Å². The summed E-state index contributed by atoms with van der Waals surface area (Å²) in [5.74, 6) is 0. The topological polar surface area (TPSA) is 26.3 Å². The predicted octanol–water partition coefficient (Wildman–Crippen LogP) is 3.93. The van der Waals surface area contributed by atoms with Crippen molar-refractivity contribution >= 4 is 28.6 Å². The summed E-state index contributed by atoms with van der Waals surface area (Å²) in [6, 6.07) is 0.